The molecule has 0 unspecified atom stereocenters. The zero-order chi connectivity index (χ0) is 14.8. The highest BCUT2D eigenvalue weighted by Crippen LogP contribution is 2.13. The molecule has 2 rings (SSSR count). The van der Waals surface area contributed by atoms with E-state index in [1.54, 1.807) is 25.1 Å². The molecule has 2 aromatic rings. The Bertz CT molecular complexity index is 722. The Kier molecular flexibility index (Phi) is 3.84. The molecule has 20 heavy (non-hydrogen) atoms. The van der Waals surface area contributed by atoms with Gasteiger partial charge in [-0.15, -0.1) is 0 Å². The number of benzene rings is 1. The van der Waals surface area contributed by atoms with E-state index in [-0.39, 0.29) is 23.0 Å². The van der Waals surface area contributed by atoms with Crippen LogP contribution >= 0.6 is 0 Å². The van der Waals surface area contributed by atoms with E-state index < -0.39 is 14.8 Å². The molecule has 0 aliphatic rings. The number of sulfone groups is 1. The molecule has 106 valence electrons. The monoisotopic (exact) mass is 295 g/mol. The average Bonchev–Trinajstić information content (AvgIpc) is 2.79. The van der Waals surface area contributed by atoms with Crippen LogP contribution in [0.4, 0.5) is 5.82 Å². The average molecular weight is 295 g/mol. The van der Waals surface area contributed by atoms with Gasteiger partial charge in [0, 0.05) is 13.5 Å². The van der Waals surface area contributed by atoms with Crippen LogP contribution in [0.5, 0.6) is 0 Å². The summed E-state index contributed by atoms with van der Waals surface area (Å²) >= 11 is 0. The number of imidazole rings is 1. The van der Waals surface area contributed by atoms with Gasteiger partial charge < -0.3 is 14.7 Å². The molecule has 0 aliphatic carbocycles. The van der Waals surface area contributed by atoms with Crippen LogP contribution in [0.1, 0.15) is 5.82 Å². The molecule has 1 aromatic heterocycles. The van der Waals surface area contributed by atoms with Crippen molar-refractivity contribution in [2.75, 3.05) is 5.75 Å². The smallest absolute Gasteiger partial charge is 0.358 e. The van der Waals surface area contributed by atoms with Crippen LogP contribution in [0.2, 0.25) is 0 Å². The van der Waals surface area contributed by atoms with E-state index in [2.05, 4.69) is 4.98 Å². The SMILES string of the molecule is Cc1nc([N+](=O)[O-])cn1CCS(=O)(=O)c1ccccc1. The molecule has 0 spiro atoms. The van der Waals surface area contributed by atoms with Crippen molar-refractivity contribution in [3.8, 4) is 0 Å². The Labute approximate surface area is 116 Å². The van der Waals surface area contributed by atoms with E-state index in [9.17, 15) is 18.5 Å². The van der Waals surface area contributed by atoms with Crippen LogP contribution in [-0.4, -0.2) is 28.6 Å². The lowest BCUT2D eigenvalue weighted by Crippen LogP contribution is -2.13. The maximum absolute atomic E-state index is 12.1. The highest BCUT2D eigenvalue weighted by molar-refractivity contribution is 7.91. The second kappa shape index (κ2) is 5.41. The fraction of sp³-hybridized carbons (Fsp3) is 0.250. The predicted octanol–water partition coefficient (Wildman–Crippen LogP) is 1.57. The Balaban J connectivity index is 2.15. The maximum atomic E-state index is 12.1. The molecule has 8 heteroatoms. The number of aryl methyl sites for hydroxylation is 2. The van der Waals surface area contributed by atoms with Gasteiger partial charge in [-0.25, -0.2) is 8.42 Å². The highest BCUT2D eigenvalue weighted by atomic mass is 32.2. The number of aromatic nitrogens is 2. The molecule has 0 bridgehead atoms. The van der Waals surface area contributed by atoms with E-state index >= 15 is 0 Å². The summed E-state index contributed by atoms with van der Waals surface area (Å²) in [6.45, 7) is 1.73. The lowest BCUT2D eigenvalue weighted by atomic mass is 10.4. The molecule has 0 aliphatic heterocycles. The molecule has 0 N–H and O–H groups in total. The Morgan fingerprint density at radius 1 is 1.30 bits per heavy atom. The third kappa shape index (κ3) is 3.02. The normalized spacial score (nSPS) is 11.4. The largest absolute Gasteiger partial charge is 0.381 e. The Hall–Kier alpha value is -2.22. The van der Waals surface area contributed by atoms with Crippen LogP contribution in [-0.2, 0) is 16.4 Å². The van der Waals surface area contributed by atoms with Crippen molar-refractivity contribution in [2.24, 2.45) is 0 Å². The van der Waals surface area contributed by atoms with Gasteiger partial charge in [0.1, 0.15) is 6.20 Å². The van der Waals surface area contributed by atoms with E-state index in [1.165, 1.54) is 22.9 Å². The minimum atomic E-state index is -3.40. The van der Waals surface area contributed by atoms with Crippen molar-refractivity contribution < 1.29 is 13.3 Å². The van der Waals surface area contributed by atoms with Crippen LogP contribution in [0.3, 0.4) is 0 Å². The van der Waals surface area contributed by atoms with Gasteiger partial charge in [0.2, 0.25) is 5.82 Å². The Morgan fingerprint density at radius 3 is 2.50 bits per heavy atom. The van der Waals surface area contributed by atoms with Crippen molar-refractivity contribution in [2.45, 2.75) is 18.4 Å². The molecule has 0 amide bonds. The number of nitro groups is 1. The number of hydrogen-bond donors (Lipinski definition) is 0. The zero-order valence-electron chi connectivity index (χ0n) is 10.8. The zero-order valence-corrected chi connectivity index (χ0v) is 11.6. The number of nitrogens with zero attached hydrogens (tertiary/aromatic N) is 3. The van der Waals surface area contributed by atoms with Crippen LogP contribution in [0, 0.1) is 17.0 Å². The summed E-state index contributed by atoms with van der Waals surface area (Å²) in [7, 11) is -3.40. The fourth-order valence-electron chi connectivity index (χ4n) is 1.77. The van der Waals surface area contributed by atoms with Gasteiger partial charge in [0.05, 0.1) is 10.6 Å². The van der Waals surface area contributed by atoms with Gasteiger partial charge in [-0.2, -0.15) is 0 Å². The van der Waals surface area contributed by atoms with Crippen molar-refractivity contribution >= 4 is 15.7 Å². The first-order valence-corrected chi connectivity index (χ1v) is 7.51. The molecular weight excluding hydrogens is 282 g/mol. The summed E-state index contributed by atoms with van der Waals surface area (Å²) in [5.41, 5.74) is 0. The van der Waals surface area contributed by atoms with Gasteiger partial charge in [0.25, 0.3) is 0 Å². The number of hydrogen-bond acceptors (Lipinski definition) is 5. The maximum Gasteiger partial charge on any atom is 0.381 e. The second-order valence-corrected chi connectivity index (χ2v) is 6.34. The summed E-state index contributed by atoms with van der Waals surface area (Å²) in [4.78, 5) is 14.0. The summed E-state index contributed by atoms with van der Waals surface area (Å²) in [5.74, 6) is 0.00493. The third-order valence-corrected chi connectivity index (χ3v) is 4.56. The van der Waals surface area contributed by atoms with E-state index in [4.69, 9.17) is 0 Å². The minimum Gasteiger partial charge on any atom is -0.358 e. The number of rotatable bonds is 5. The third-order valence-electron chi connectivity index (χ3n) is 2.85. The molecular formula is C12H13N3O4S. The van der Waals surface area contributed by atoms with Gasteiger partial charge in [-0.1, -0.05) is 18.2 Å². The van der Waals surface area contributed by atoms with Crippen molar-refractivity contribution in [1.82, 2.24) is 9.55 Å². The van der Waals surface area contributed by atoms with Gasteiger partial charge in [-0.3, -0.25) is 0 Å². The van der Waals surface area contributed by atoms with Crippen LogP contribution < -0.4 is 0 Å². The molecule has 0 radical (unpaired) electrons. The molecule has 1 heterocycles. The van der Waals surface area contributed by atoms with E-state index in [0.717, 1.165) is 0 Å². The van der Waals surface area contributed by atoms with Gasteiger partial charge >= 0.3 is 5.82 Å². The molecule has 0 fully saturated rings. The Morgan fingerprint density at radius 2 is 1.95 bits per heavy atom. The van der Waals surface area contributed by atoms with Gasteiger partial charge in [-0.05, 0) is 22.0 Å². The lowest BCUT2D eigenvalue weighted by molar-refractivity contribution is -0.389. The highest BCUT2D eigenvalue weighted by Gasteiger charge is 2.18. The van der Waals surface area contributed by atoms with Crippen molar-refractivity contribution in [1.29, 1.82) is 0 Å². The first-order valence-electron chi connectivity index (χ1n) is 5.86. The summed E-state index contributed by atoms with van der Waals surface area (Å²) in [6, 6.07) is 8.10. The molecule has 1 aromatic carbocycles. The summed E-state index contributed by atoms with van der Waals surface area (Å²) in [5, 5.41) is 10.6. The lowest BCUT2D eigenvalue weighted by Gasteiger charge is -2.05. The molecule has 7 nitrogen and oxygen atoms in total. The first-order chi connectivity index (χ1) is 9.40. The minimum absolute atomic E-state index is 0.129. The summed E-state index contributed by atoms with van der Waals surface area (Å²) < 4.78 is 25.7. The topological polar surface area (TPSA) is 95.1 Å². The fourth-order valence-corrected chi connectivity index (χ4v) is 3.01. The molecule has 0 saturated carbocycles. The summed E-state index contributed by atoms with van der Waals surface area (Å²) in [6.07, 6.45) is 1.25. The van der Waals surface area contributed by atoms with Crippen LogP contribution in [0.15, 0.2) is 41.4 Å². The quantitative estimate of drug-likeness (QED) is 0.616. The van der Waals surface area contributed by atoms with Crippen molar-refractivity contribution in [3.63, 3.8) is 0 Å². The predicted molar refractivity (Wildman–Crippen MR) is 72.1 cm³/mol. The second-order valence-electron chi connectivity index (χ2n) is 4.23. The van der Waals surface area contributed by atoms with Crippen LogP contribution in [0.25, 0.3) is 0 Å². The standard InChI is InChI=1S/C12H13N3O4S/c1-10-13-12(15(16)17)9-14(10)7-8-20(18,19)11-5-3-2-4-6-11/h2-6,9H,7-8H2,1H3. The van der Waals surface area contributed by atoms with Gasteiger partial charge in [0.15, 0.2) is 9.84 Å². The van der Waals surface area contributed by atoms with E-state index in [1.807, 2.05) is 0 Å². The van der Waals surface area contributed by atoms with Crippen molar-refractivity contribution in [3.05, 3.63) is 52.5 Å². The van der Waals surface area contributed by atoms with E-state index in [0.29, 0.717) is 5.82 Å². The molecule has 0 atom stereocenters. The first kappa shape index (κ1) is 14.2. The molecule has 0 saturated heterocycles.